The molecule has 0 saturated carbocycles. The van der Waals surface area contributed by atoms with Crippen LogP contribution in [0.5, 0.6) is 0 Å². The van der Waals surface area contributed by atoms with Gasteiger partial charge in [-0.15, -0.1) is 0 Å². The lowest BCUT2D eigenvalue weighted by atomic mass is 10.1. The molecule has 0 atom stereocenters. The maximum absolute atomic E-state index is 13.4. The van der Waals surface area contributed by atoms with Gasteiger partial charge < -0.3 is 0 Å². The average Bonchev–Trinajstić information content (AvgIpc) is 2.55. The maximum atomic E-state index is 13.4. The van der Waals surface area contributed by atoms with E-state index in [0.29, 0.717) is 16.0 Å². The fourth-order valence-electron chi connectivity index (χ4n) is 2.57. The van der Waals surface area contributed by atoms with E-state index in [4.69, 9.17) is 11.6 Å². The summed E-state index contributed by atoms with van der Waals surface area (Å²) in [5, 5.41) is 1.59. The lowest BCUT2D eigenvalue weighted by molar-refractivity contribution is 0.581. The number of rotatable bonds is 4. The van der Waals surface area contributed by atoms with Crippen molar-refractivity contribution in [1.82, 2.24) is 4.72 Å². The van der Waals surface area contributed by atoms with E-state index in [2.05, 4.69) is 4.72 Å². The Kier molecular flexibility index (Phi) is 4.58. The molecule has 0 radical (unpaired) electrons. The Morgan fingerprint density at radius 2 is 1.79 bits per heavy atom. The van der Waals surface area contributed by atoms with Gasteiger partial charge in [-0.3, -0.25) is 0 Å². The molecule has 0 fully saturated rings. The van der Waals surface area contributed by atoms with Gasteiger partial charge in [0.1, 0.15) is 5.82 Å². The first-order valence-corrected chi connectivity index (χ1v) is 9.16. The number of nitrogens with one attached hydrogen (secondary N) is 1. The minimum Gasteiger partial charge on any atom is -0.207 e. The summed E-state index contributed by atoms with van der Waals surface area (Å²) < 4.78 is 41.3. The van der Waals surface area contributed by atoms with Crippen LogP contribution in [0.25, 0.3) is 10.8 Å². The topological polar surface area (TPSA) is 46.2 Å². The van der Waals surface area contributed by atoms with E-state index in [1.807, 2.05) is 0 Å². The van der Waals surface area contributed by atoms with Crippen LogP contribution in [0.3, 0.4) is 0 Å². The van der Waals surface area contributed by atoms with E-state index < -0.39 is 15.8 Å². The van der Waals surface area contributed by atoms with Crippen molar-refractivity contribution in [2.24, 2.45) is 0 Å². The van der Waals surface area contributed by atoms with Crippen molar-refractivity contribution in [2.45, 2.75) is 18.4 Å². The second-order valence-corrected chi connectivity index (χ2v) is 7.63. The molecule has 3 aromatic carbocycles. The Bertz CT molecular complexity index is 1010. The van der Waals surface area contributed by atoms with E-state index in [1.54, 1.807) is 43.3 Å². The third-order valence-electron chi connectivity index (χ3n) is 3.87. The summed E-state index contributed by atoms with van der Waals surface area (Å²) in [4.78, 5) is 0.111. The third kappa shape index (κ3) is 3.29. The first kappa shape index (κ1) is 16.9. The van der Waals surface area contributed by atoms with Crippen molar-refractivity contribution in [3.63, 3.8) is 0 Å². The summed E-state index contributed by atoms with van der Waals surface area (Å²) in [6.07, 6.45) is 0. The zero-order valence-electron chi connectivity index (χ0n) is 12.9. The minimum atomic E-state index is -3.79. The van der Waals surface area contributed by atoms with Crippen LogP contribution >= 0.6 is 11.6 Å². The number of sulfonamides is 1. The Hall–Kier alpha value is -1.95. The molecule has 0 unspecified atom stereocenters. The molecule has 1 N–H and O–H groups in total. The van der Waals surface area contributed by atoms with E-state index in [0.717, 1.165) is 10.9 Å². The summed E-state index contributed by atoms with van der Waals surface area (Å²) in [6.45, 7) is 1.81. The smallest absolute Gasteiger partial charge is 0.207 e. The lowest BCUT2D eigenvalue weighted by Gasteiger charge is -2.12. The molecule has 0 aliphatic carbocycles. The molecule has 3 aromatic rings. The first-order valence-electron chi connectivity index (χ1n) is 7.30. The van der Waals surface area contributed by atoms with Crippen LogP contribution in [0.2, 0.25) is 5.02 Å². The summed E-state index contributed by atoms with van der Waals surface area (Å²) in [6, 6.07) is 14.5. The summed E-state index contributed by atoms with van der Waals surface area (Å²) in [5.41, 5.74) is 1.40. The summed E-state index contributed by atoms with van der Waals surface area (Å²) >= 11 is 6.19. The monoisotopic (exact) mass is 363 g/mol. The lowest BCUT2D eigenvalue weighted by Crippen LogP contribution is -2.24. The van der Waals surface area contributed by atoms with Crippen molar-refractivity contribution in [2.75, 3.05) is 0 Å². The van der Waals surface area contributed by atoms with Gasteiger partial charge in [0, 0.05) is 17.0 Å². The van der Waals surface area contributed by atoms with Crippen LogP contribution < -0.4 is 4.72 Å². The van der Waals surface area contributed by atoms with Gasteiger partial charge in [-0.2, -0.15) is 0 Å². The summed E-state index contributed by atoms with van der Waals surface area (Å²) in [7, 11) is -3.79. The maximum Gasteiger partial charge on any atom is 0.241 e. The van der Waals surface area contributed by atoms with Crippen molar-refractivity contribution in [3.8, 4) is 0 Å². The Morgan fingerprint density at radius 3 is 2.54 bits per heavy atom. The number of halogens is 2. The molecule has 0 amide bonds. The second kappa shape index (κ2) is 6.51. The predicted molar refractivity (Wildman–Crippen MR) is 94.1 cm³/mol. The van der Waals surface area contributed by atoms with Gasteiger partial charge >= 0.3 is 0 Å². The van der Waals surface area contributed by atoms with E-state index in [-0.39, 0.29) is 11.4 Å². The fourth-order valence-corrected chi connectivity index (χ4v) is 4.16. The third-order valence-corrected chi connectivity index (χ3v) is 5.63. The molecule has 3 nitrogen and oxygen atoms in total. The number of hydrogen-bond acceptors (Lipinski definition) is 2. The molecule has 0 aliphatic heterocycles. The second-order valence-electron chi connectivity index (χ2n) is 5.49. The SMILES string of the molecule is Cc1ccc(F)cc1CNS(=O)(=O)c1cccc2cccc(Cl)c12. The van der Waals surface area contributed by atoms with Gasteiger partial charge in [0.25, 0.3) is 0 Å². The summed E-state index contributed by atoms with van der Waals surface area (Å²) in [5.74, 6) is -0.400. The standard InChI is InChI=1S/C18H15ClFNO2S/c1-12-8-9-15(20)10-14(12)11-21-24(22,23)17-7-3-5-13-4-2-6-16(19)18(13)17/h2-10,21H,11H2,1H3. The van der Waals surface area contributed by atoms with Crippen molar-refractivity contribution < 1.29 is 12.8 Å². The van der Waals surface area contributed by atoms with Gasteiger partial charge in [-0.1, -0.05) is 41.9 Å². The number of hydrogen-bond donors (Lipinski definition) is 1. The van der Waals surface area contributed by atoms with Gasteiger partial charge in [0.15, 0.2) is 0 Å². The molecule has 0 spiro atoms. The van der Waals surface area contributed by atoms with Crippen LogP contribution in [-0.2, 0) is 16.6 Å². The molecule has 124 valence electrons. The van der Waals surface area contributed by atoms with Gasteiger partial charge in [-0.05, 0) is 47.7 Å². The van der Waals surface area contributed by atoms with Crippen LogP contribution in [0.1, 0.15) is 11.1 Å². The fraction of sp³-hybridized carbons (Fsp3) is 0.111. The van der Waals surface area contributed by atoms with Crippen LogP contribution in [0.4, 0.5) is 4.39 Å². The normalized spacial score (nSPS) is 11.8. The molecule has 0 saturated heterocycles. The zero-order valence-corrected chi connectivity index (χ0v) is 14.5. The van der Waals surface area contributed by atoms with Crippen molar-refractivity contribution in [3.05, 3.63) is 76.6 Å². The molecule has 3 rings (SSSR count). The average molecular weight is 364 g/mol. The van der Waals surface area contributed by atoms with Crippen LogP contribution in [-0.4, -0.2) is 8.42 Å². The molecular weight excluding hydrogens is 349 g/mol. The Balaban J connectivity index is 1.98. The van der Waals surface area contributed by atoms with E-state index >= 15 is 0 Å². The number of benzene rings is 3. The predicted octanol–water partition coefficient (Wildman–Crippen LogP) is 4.42. The molecule has 0 aromatic heterocycles. The minimum absolute atomic E-state index is 0.00671. The number of fused-ring (bicyclic) bond motifs is 1. The highest BCUT2D eigenvalue weighted by atomic mass is 35.5. The first-order chi connectivity index (χ1) is 11.4. The quantitative estimate of drug-likeness (QED) is 0.745. The molecule has 0 bridgehead atoms. The van der Waals surface area contributed by atoms with E-state index in [1.165, 1.54) is 18.2 Å². The zero-order chi connectivity index (χ0) is 17.3. The Labute approximate surface area is 145 Å². The highest BCUT2D eigenvalue weighted by Gasteiger charge is 2.19. The highest BCUT2D eigenvalue weighted by molar-refractivity contribution is 7.89. The molecular formula is C18H15ClFNO2S. The highest BCUT2D eigenvalue weighted by Crippen LogP contribution is 2.29. The van der Waals surface area contributed by atoms with Crippen LogP contribution in [0, 0.1) is 12.7 Å². The van der Waals surface area contributed by atoms with Crippen molar-refractivity contribution >= 4 is 32.4 Å². The number of aryl methyl sites for hydroxylation is 1. The van der Waals surface area contributed by atoms with Gasteiger partial charge in [0.05, 0.1) is 4.90 Å². The van der Waals surface area contributed by atoms with E-state index in [9.17, 15) is 12.8 Å². The largest absolute Gasteiger partial charge is 0.241 e. The molecule has 0 heterocycles. The molecule has 0 aliphatic rings. The van der Waals surface area contributed by atoms with Crippen LogP contribution in [0.15, 0.2) is 59.5 Å². The van der Waals surface area contributed by atoms with Gasteiger partial charge in [0.2, 0.25) is 10.0 Å². The molecule has 24 heavy (non-hydrogen) atoms. The Morgan fingerprint density at radius 1 is 1.08 bits per heavy atom. The van der Waals surface area contributed by atoms with Crippen molar-refractivity contribution in [1.29, 1.82) is 0 Å². The van der Waals surface area contributed by atoms with Gasteiger partial charge in [-0.25, -0.2) is 17.5 Å². The molecule has 6 heteroatoms.